The zero-order valence-electron chi connectivity index (χ0n) is 14.6. The van der Waals surface area contributed by atoms with Gasteiger partial charge in [0.05, 0.1) is 0 Å². The molecule has 0 spiro atoms. The molecule has 6 unspecified atom stereocenters. The van der Waals surface area contributed by atoms with Crippen molar-refractivity contribution in [1.29, 1.82) is 0 Å². The highest BCUT2D eigenvalue weighted by Gasteiger charge is 2.53. The first-order valence-corrected chi connectivity index (χ1v) is 9.55. The SMILES string of the molecule is CCC(CC)C(CNC1CC2CC1C1CCCC21)N(C)C. The lowest BCUT2D eigenvalue weighted by atomic mass is 9.79. The predicted octanol–water partition coefficient (Wildman–Crippen LogP) is 3.77. The van der Waals surface area contributed by atoms with E-state index >= 15 is 0 Å². The van der Waals surface area contributed by atoms with Gasteiger partial charge in [0.1, 0.15) is 0 Å². The third-order valence-corrected chi connectivity index (χ3v) is 7.27. The Morgan fingerprint density at radius 1 is 1.00 bits per heavy atom. The monoisotopic (exact) mass is 292 g/mol. The van der Waals surface area contributed by atoms with Crippen molar-refractivity contribution in [1.82, 2.24) is 10.2 Å². The van der Waals surface area contributed by atoms with Gasteiger partial charge in [0.25, 0.3) is 0 Å². The molecule has 2 bridgehead atoms. The summed E-state index contributed by atoms with van der Waals surface area (Å²) in [7, 11) is 4.52. The van der Waals surface area contributed by atoms with Gasteiger partial charge in [-0.3, -0.25) is 0 Å². The zero-order valence-corrected chi connectivity index (χ0v) is 14.6. The minimum Gasteiger partial charge on any atom is -0.312 e. The molecule has 0 aliphatic heterocycles. The molecule has 3 saturated carbocycles. The fraction of sp³-hybridized carbons (Fsp3) is 1.00. The number of nitrogens with one attached hydrogen (secondary N) is 1. The van der Waals surface area contributed by atoms with E-state index in [0.717, 1.165) is 35.6 Å². The van der Waals surface area contributed by atoms with Crippen LogP contribution in [0.4, 0.5) is 0 Å². The lowest BCUT2D eigenvalue weighted by Gasteiger charge is -2.36. The van der Waals surface area contributed by atoms with Crippen LogP contribution in [0.5, 0.6) is 0 Å². The second kappa shape index (κ2) is 6.58. The standard InChI is InChI=1S/C19H36N2/c1-5-13(6-2)19(21(3)4)12-20-18-11-14-10-17(18)16-9-7-8-15(14)16/h13-20H,5-12H2,1-4H3. The third-order valence-electron chi connectivity index (χ3n) is 7.27. The Morgan fingerprint density at radius 3 is 2.38 bits per heavy atom. The van der Waals surface area contributed by atoms with Crippen molar-refractivity contribution in [3.8, 4) is 0 Å². The third kappa shape index (κ3) is 2.91. The molecule has 0 aromatic heterocycles. The maximum atomic E-state index is 4.01. The zero-order chi connectivity index (χ0) is 15.0. The van der Waals surface area contributed by atoms with E-state index in [2.05, 4.69) is 38.2 Å². The van der Waals surface area contributed by atoms with E-state index in [9.17, 15) is 0 Å². The lowest BCUT2D eigenvalue weighted by molar-refractivity contribution is 0.163. The second-order valence-corrected chi connectivity index (χ2v) is 8.28. The fourth-order valence-electron chi connectivity index (χ4n) is 6.18. The number of nitrogens with zero attached hydrogens (tertiary/aromatic N) is 1. The van der Waals surface area contributed by atoms with Gasteiger partial charge in [0.2, 0.25) is 0 Å². The first kappa shape index (κ1) is 15.8. The molecule has 1 N–H and O–H groups in total. The first-order valence-electron chi connectivity index (χ1n) is 9.55. The molecule has 3 aliphatic rings. The minimum absolute atomic E-state index is 0.707. The van der Waals surface area contributed by atoms with Gasteiger partial charge in [-0.05, 0) is 69.4 Å². The van der Waals surface area contributed by atoms with Crippen LogP contribution >= 0.6 is 0 Å². The first-order chi connectivity index (χ1) is 10.2. The maximum absolute atomic E-state index is 4.01. The van der Waals surface area contributed by atoms with Crippen molar-refractivity contribution in [2.45, 2.75) is 70.9 Å². The van der Waals surface area contributed by atoms with Gasteiger partial charge in [-0.1, -0.05) is 33.1 Å². The van der Waals surface area contributed by atoms with Crippen molar-refractivity contribution in [2.24, 2.45) is 29.6 Å². The molecule has 2 nitrogen and oxygen atoms in total. The van der Waals surface area contributed by atoms with E-state index in [1.165, 1.54) is 38.6 Å². The summed E-state index contributed by atoms with van der Waals surface area (Å²) in [5.74, 6) is 5.15. The molecule has 0 heterocycles. The highest BCUT2D eigenvalue weighted by atomic mass is 15.1. The summed E-state index contributed by atoms with van der Waals surface area (Å²) < 4.78 is 0. The lowest BCUT2D eigenvalue weighted by Crippen LogP contribution is -2.48. The van der Waals surface area contributed by atoms with Crippen LogP contribution < -0.4 is 5.32 Å². The summed E-state index contributed by atoms with van der Waals surface area (Å²) in [5.41, 5.74) is 0. The smallest absolute Gasteiger partial charge is 0.0242 e. The van der Waals surface area contributed by atoms with Crippen molar-refractivity contribution in [3.05, 3.63) is 0 Å². The van der Waals surface area contributed by atoms with Crippen LogP contribution in [0, 0.1) is 29.6 Å². The quantitative estimate of drug-likeness (QED) is 0.768. The van der Waals surface area contributed by atoms with Crippen LogP contribution in [0.15, 0.2) is 0 Å². The van der Waals surface area contributed by atoms with Crippen molar-refractivity contribution >= 4 is 0 Å². The second-order valence-electron chi connectivity index (χ2n) is 8.28. The molecule has 0 saturated heterocycles. The molecule has 0 aromatic rings. The highest BCUT2D eigenvalue weighted by Crippen LogP contribution is 2.58. The van der Waals surface area contributed by atoms with Crippen LogP contribution in [-0.4, -0.2) is 37.6 Å². The number of rotatable bonds is 7. The molecule has 3 fully saturated rings. The molecule has 0 aromatic carbocycles. The Kier molecular flexibility index (Phi) is 4.95. The minimum atomic E-state index is 0.707. The summed E-state index contributed by atoms with van der Waals surface area (Å²) in [6.07, 6.45) is 10.2. The Balaban J connectivity index is 1.55. The summed E-state index contributed by atoms with van der Waals surface area (Å²) in [6, 6.07) is 1.55. The van der Waals surface area contributed by atoms with E-state index in [0.29, 0.717) is 6.04 Å². The number of hydrogen-bond donors (Lipinski definition) is 1. The normalized spacial score (nSPS) is 39.4. The largest absolute Gasteiger partial charge is 0.312 e. The van der Waals surface area contributed by atoms with Gasteiger partial charge < -0.3 is 10.2 Å². The molecule has 2 heteroatoms. The molecular weight excluding hydrogens is 256 g/mol. The number of fused-ring (bicyclic) bond motifs is 5. The summed E-state index contributed by atoms with van der Waals surface area (Å²) in [5, 5.41) is 4.01. The van der Waals surface area contributed by atoms with Gasteiger partial charge in [0, 0.05) is 18.6 Å². The molecule has 0 radical (unpaired) electrons. The molecule has 3 aliphatic carbocycles. The summed E-state index contributed by atoms with van der Waals surface area (Å²) >= 11 is 0. The molecule has 0 amide bonds. The van der Waals surface area contributed by atoms with Crippen LogP contribution in [0.25, 0.3) is 0 Å². The summed E-state index contributed by atoms with van der Waals surface area (Å²) in [6.45, 7) is 5.90. The van der Waals surface area contributed by atoms with Gasteiger partial charge in [-0.15, -0.1) is 0 Å². The Bertz CT molecular complexity index is 336. The molecule has 122 valence electrons. The Labute approximate surface area is 132 Å². The van der Waals surface area contributed by atoms with Gasteiger partial charge >= 0.3 is 0 Å². The average molecular weight is 293 g/mol. The van der Waals surface area contributed by atoms with Crippen molar-refractivity contribution < 1.29 is 0 Å². The number of hydrogen-bond acceptors (Lipinski definition) is 2. The fourth-order valence-corrected chi connectivity index (χ4v) is 6.18. The van der Waals surface area contributed by atoms with Crippen molar-refractivity contribution in [2.75, 3.05) is 20.6 Å². The topological polar surface area (TPSA) is 15.3 Å². The average Bonchev–Trinajstić information content (AvgIpc) is 3.14. The van der Waals surface area contributed by atoms with E-state index in [4.69, 9.17) is 0 Å². The summed E-state index contributed by atoms with van der Waals surface area (Å²) in [4.78, 5) is 2.45. The van der Waals surface area contributed by atoms with E-state index in [-0.39, 0.29) is 0 Å². The molecule has 21 heavy (non-hydrogen) atoms. The van der Waals surface area contributed by atoms with Gasteiger partial charge in [0.15, 0.2) is 0 Å². The van der Waals surface area contributed by atoms with Crippen LogP contribution in [-0.2, 0) is 0 Å². The predicted molar refractivity (Wildman–Crippen MR) is 90.4 cm³/mol. The van der Waals surface area contributed by atoms with Gasteiger partial charge in [-0.25, -0.2) is 0 Å². The highest BCUT2D eigenvalue weighted by molar-refractivity contribution is 5.05. The Morgan fingerprint density at radius 2 is 1.71 bits per heavy atom. The van der Waals surface area contributed by atoms with Crippen LogP contribution in [0.3, 0.4) is 0 Å². The van der Waals surface area contributed by atoms with Gasteiger partial charge in [-0.2, -0.15) is 0 Å². The van der Waals surface area contributed by atoms with E-state index in [1.807, 2.05) is 0 Å². The van der Waals surface area contributed by atoms with E-state index < -0.39 is 0 Å². The van der Waals surface area contributed by atoms with E-state index in [1.54, 1.807) is 12.8 Å². The molecule has 6 atom stereocenters. The maximum Gasteiger partial charge on any atom is 0.0242 e. The number of likely N-dealkylation sites (N-methyl/N-ethyl adjacent to an activating group) is 1. The van der Waals surface area contributed by atoms with Crippen LogP contribution in [0.1, 0.15) is 58.8 Å². The van der Waals surface area contributed by atoms with Crippen LogP contribution in [0.2, 0.25) is 0 Å². The van der Waals surface area contributed by atoms with Crippen molar-refractivity contribution in [3.63, 3.8) is 0 Å². The molecule has 3 rings (SSSR count). The Hall–Kier alpha value is -0.0800. The molecular formula is C19H36N2.